The number of anilines is 1. The number of Topliss-reactive ketones (excluding diaryl/α,β-unsaturated/α-hetero) is 1. The fraction of sp³-hybridized carbons (Fsp3) is 0.333. The number of carbonyl (C=O) groups is 2. The molecule has 0 aliphatic carbocycles. The topological polar surface area (TPSA) is 97.1 Å². The average Bonchev–Trinajstić information content (AvgIpc) is 2.97. The summed E-state index contributed by atoms with van der Waals surface area (Å²) in [4.78, 5) is 30.6. The summed E-state index contributed by atoms with van der Waals surface area (Å²) in [5, 5.41) is 12.4. The minimum Gasteiger partial charge on any atom is -0.476 e. The summed E-state index contributed by atoms with van der Waals surface area (Å²) in [6, 6.07) is 0. The molecule has 2 aromatic heterocycles. The summed E-state index contributed by atoms with van der Waals surface area (Å²) in [7, 11) is 1.90. The second-order valence-electron chi connectivity index (χ2n) is 4.19. The SMILES string of the molecule is CC(=O)c1sc(NCCc2nccn2C)nc1C(=O)O. The third-order valence-corrected chi connectivity index (χ3v) is 3.81. The number of hydrogen-bond acceptors (Lipinski definition) is 6. The summed E-state index contributed by atoms with van der Waals surface area (Å²) in [5.41, 5.74) is -0.193. The van der Waals surface area contributed by atoms with Crippen LogP contribution in [0.1, 0.15) is 32.9 Å². The molecule has 0 saturated carbocycles. The maximum absolute atomic E-state index is 11.4. The van der Waals surface area contributed by atoms with Gasteiger partial charge >= 0.3 is 5.97 Å². The smallest absolute Gasteiger partial charge is 0.356 e. The van der Waals surface area contributed by atoms with Crippen molar-refractivity contribution in [1.82, 2.24) is 14.5 Å². The molecule has 2 rings (SSSR count). The minimum atomic E-state index is -1.19. The Kier molecular flexibility index (Phi) is 4.14. The first-order valence-electron chi connectivity index (χ1n) is 5.94. The van der Waals surface area contributed by atoms with Crippen molar-refractivity contribution < 1.29 is 14.7 Å². The van der Waals surface area contributed by atoms with Crippen LogP contribution in [0, 0.1) is 0 Å². The van der Waals surface area contributed by atoms with E-state index in [4.69, 9.17) is 5.11 Å². The monoisotopic (exact) mass is 294 g/mol. The summed E-state index contributed by atoms with van der Waals surface area (Å²) in [6.07, 6.45) is 4.26. The van der Waals surface area contributed by atoms with Gasteiger partial charge in [0.1, 0.15) is 10.7 Å². The lowest BCUT2D eigenvalue weighted by Crippen LogP contribution is -2.09. The summed E-state index contributed by atoms with van der Waals surface area (Å²) in [6.45, 7) is 1.90. The quantitative estimate of drug-likeness (QED) is 0.782. The molecular weight excluding hydrogens is 280 g/mol. The molecule has 106 valence electrons. The van der Waals surface area contributed by atoms with Gasteiger partial charge in [0, 0.05) is 39.3 Å². The number of carboxylic acid groups (broad SMARTS) is 1. The Morgan fingerprint density at radius 3 is 2.75 bits per heavy atom. The predicted molar refractivity (Wildman–Crippen MR) is 74.5 cm³/mol. The van der Waals surface area contributed by atoms with Crippen molar-refractivity contribution in [2.45, 2.75) is 13.3 Å². The van der Waals surface area contributed by atoms with Gasteiger partial charge in [0.15, 0.2) is 16.6 Å². The zero-order valence-corrected chi connectivity index (χ0v) is 11.9. The number of ketones is 1. The summed E-state index contributed by atoms with van der Waals surface area (Å²) < 4.78 is 1.91. The van der Waals surface area contributed by atoms with Gasteiger partial charge in [-0.3, -0.25) is 4.79 Å². The highest BCUT2D eigenvalue weighted by molar-refractivity contribution is 7.17. The van der Waals surface area contributed by atoms with Gasteiger partial charge in [-0.1, -0.05) is 11.3 Å². The van der Waals surface area contributed by atoms with Gasteiger partial charge in [-0.25, -0.2) is 14.8 Å². The van der Waals surface area contributed by atoms with Crippen LogP contribution in [-0.4, -0.2) is 37.9 Å². The van der Waals surface area contributed by atoms with Gasteiger partial charge in [-0.05, 0) is 0 Å². The number of aryl methyl sites for hydroxylation is 1. The Balaban J connectivity index is 2.03. The van der Waals surface area contributed by atoms with Crippen molar-refractivity contribution >= 4 is 28.2 Å². The Hall–Kier alpha value is -2.22. The van der Waals surface area contributed by atoms with E-state index in [1.165, 1.54) is 6.92 Å². The number of nitrogens with zero attached hydrogens (tertiary/aromatic N) is 3. The van der Waals surface area contributed by atoms with Gasteiger partial charge in [-0.2, -0.15) is 0 Å². The third kappa shape index (κ3) is 3.02. The largest absolute Gasteiger partial charge is 0.476 e. The lowest BCUT2D eigenvalue weighted by atomic mass is 10.3. The molecule has 0 radical (unpaired) electrons. The lowest BCUT2D eigenvalue weighted by Gasteiger charge is -2.02. The number of aromatic nitrogens is 3. The normalized spacial score (nSPS) is 10.5. The van der Waals surface area contributed by atoms with E-state index in [2.05, 4.69) is 15.3 Å². The van der Waals surface area contributed by atoms with Gasteiger partial charge in [0.25, 0.3) is 0 Å². The van der Waals surface area contributed by atoms with Gasteiger partial charge in [0.2, 0.25) is 0 Å². The first-order chi connectivity index (χ1) is 9.49. The summed E-state index contributed by atoms with van der Waals surface area (Å²) in [5.74, 6) is -0.569. The van der Waals surface area contributed by atoms with Crippen LogP contribution in [0.5, 0.6) is 0 Å². The molecule has 0 atom stereocenters. The zero-order chi connectivity index (χ0) is 14.7. The molecule has 0 amide bonds. The molecule has 0 spiro atoms. The molecule has 20 heavy (non-hydrogen) atoms. The van der Waals surface area contributed by atoms with Crippen molar-refractivity contribution in [3.63, 3.8) is 0 Å². The highest BCUT2D eigenvalue weighted by atomic mass is 32.1. The minimum absolute atomic E-state index is 0.164. The van der Waals surface area contributed by atoms with E-state index in [-0.39, 0.29) is 16.4 Å². The Morgan fingerprint density at radius 1 is 1.50 bits per heavy atom. The maximum Gasteiger partial charge on any atom is 0.356 e. The molecule has 2 aromatic rings. The molecule has 0 aliphatic heterocycles. The number of aromatic carboxylic acids is 1. The van der Waals surface area contributed by atoms with Crippen LogP contribution in [0.4, 0.5) is 5.13 Å². The molecule has 2 N–H and O–H groups in total. The molecule has 0 aliphatic rings. The standard InChI is InChI=1S/C12H14N4O3S/c1-7(17)10-9(11(18)19)15-12(20-10)14-4-3-8-13-5-6-16(8)2/h5-6H,3-4H2,1-2H3,(H,14,15)(H,18,19). The number of thiazole rings is 1. The second kappa shape index (κ2) is 5.83. The van der Waals surface area contributed by atoms with Crippen molar-refractivity contribution in [3.8, 4) is 0 Å². The molecule has 0 unspecified atom stereocenters. The fourth-order valence-electron chi connectivity index (χ4n) is 1.70. The van der Waals surface area contributed by atoms with Gasteiger partial charge < -0.3 is 15.0 Å². The third-order valence-electron chi connectivity index (χ3n) is 2.70. The molecular formula is C12H14N4O3S. The number of hydrogen-bond donors (Lipinski definition) is 2. The molecule has 7 nitrogen and oxygen atoms in total. The Labute approximate surface area is 119 Å². The fourth-order valence-corrected chi connectivity index (χ4v) is 2.58. The van der Waals surface area contributed by atoms with Crippen LogP contribution in [0.3, 0.4) is 0 Å². The number of rotatable bonds is 6. The molecule has 0 saturated heterocycles. The molecule has 0 fully saturated rings. The van der Waals surface area contributed by atoms with Crippen molar-refractivity contribution in [1.29, 1.82) is 0 Å². The first kappa shape index (κ1) is 14.2. The molecule has 0 bridgehead atoms. The van der Waals surface area contributed by atoms with Crippen LogP contribution in [-0.2, 0) is 13.5 Å². The van der Waals surface area contributed by atoms with Crippen LogP contribution in [0.2, 0.25) is 0 Å². The van der Waals surface area contributed by atoms with Crippen molar-refractivity contribution in [3.05, 3.63) is 28.8 Å². The van der Waals surface area contributed by atoms with Crippen LogP contribution >= 0.6 is 11.3 Å². The highest BCUT2D eigenvalue weighted by Crippen LogP contribution is 2.23. The van der Waals surface area contributed by atoms with Crippen molar-refractivity contribution in [2.24, 2.45) is 7.05 Å². The Morgan fingerprint density at radius 2 is 2.25 bits per heavy atom. The van der Waals surface area contributed by atoms with Gasteiger partial charge in [-0.15, -0.1) is 0 Å². The van der Waals surface area contributed by atoms with E-state index in [1.54, 1.807) is 6.20 Å². The van der Waals surface area contributed by atoms with Gasteiger partial charge in [0.05, 0.1) is 0 Å². The van der Waals surface area contributed by atoms with Crippen LogP contribution in [0.25, 0.3) is 0 Å². The number of carboxylic acids is 1. The van der Waals surface area contributed by atoms with E-state index < -0.39 is 5.97 Å². The average molecular weight is 294 g/mol. The van der Waals surface area contributed by atoms with Crippen LogP contribution < -0.4 is 5.32 Å². The molecule has 2 heterocycles. The van der Waals surface area contributed by atoms with E-state index in [9.17, 15) is 9.59 Å². The maximum atomic E-state index is 11.4. The number of imidazole rings is 1. The number of carbonyl (C=O) groups excluding carboxylic acids is 1. The first-order valence-corrected chi connectivity index (χ1v) is 6.76. The molecule has 8 heteroatoms. The number of nitrogens with one attached hydrogen (secondary N) is 1. The van der Waals surface area contributed by atoms with E-state index in [0.717, 1.165) is 17.2 Å². The highest BCUT2D eigenvalue weighted by Gasteiger charge is 2.20. The summed E-state index contributed by atoms with van der Waals surface area (Å²) >= 11 is 1.06. The zero-order valence-electron chi connectivity index (χ0n) is 11.1. The van der Waals surface area contributed by atoms with Crippen molar-refractivity contribution in [2.75, 3.05) is 11.9 Å². The Bertz CT molecular complexity index is 615. The van der Waals surface area contributed by atoms with E-state index in [1.807, 2.05) is 17.8 Å². The van der Waals surface area contributed by atoms with E-state index >= 15 is 0 Å². The molecule has 0 aromatic carbocycles. The predicted octanol–water partition coefficient (Wildman–Crippen LogP) is 1.43. The van der Waals surface area contributed by atoms with E-state index in [0.29, 0.717) is 18.1 Å². The lowest BCUT2D eigenvalue weighted by molar-refractivity contribution is 0.0687. The second-order valence-corrected chi connectivity index (χ2v) is 5.19. The van der Waals surface area contributed by atoms with Crippen LogP contribution in [0.15, 0.2) is 12.4 Å².